The molecule has 1 unspecified atom stereocenters. The Hall–Kier alpha value is -2.41. The Bertz CT molecular complexity index is 727. The predicted octanol–water partition coefficient (Wildman–Crippen LogP) is 1.78. The molecule has 0 spiro atoms. The maximum atomic E-state index is 13.1. The van der Waals surface area contributed by atoms with Crippen LogP contribution in [0, 0.1) is 11.8 Å². The molecule has 0 saturated carbocycles. The number of nitrogens with zero attached hydrogens (tertiary/aromatic N) is 4. The van der Waals surface area contributed by atoms with Gasteiger partial charge in [0, 0.05) is 57.1 Å². The van der Waals surface area contributed by atoms with Crippen molar-refractivity contribution in [2.45, 2.75) is 25.9 Å². The summed E-state index contributed by atoms with van der Waals surface area (Å²) in [6, 6.07) is 7.84. The molecule has 2 aromatic heterocycles. The number of rotatable bonds is 4. The third kappa shape index (κ3) is 3.88. The Morgan fingerprint density at radius 2 is 2.08 bits per heavy atom. The molecule has 0 bridgehead atoms. The quantitative estimate of drug-likeness (QED) is 0.905. The molecule has 7 heteroatoms. The molecule has 7 nitrogen and oxygen atoms in total. The highest BCUT2D eigenvalue weighted by molar-refractivity contribution is 5.79. The van der Waals surface area contributed by atoms with Gasteiger partial charge in [-0.1, -0.05) is 6.07 Å². The molecule has 4 rings (SSSR count). The lowest BCUT2D eigenvalue weighted by atomic mass is 9.98. The van der Waals surface area contributed by atoms with Gasteiger partial charge in [-0.2, -0.15) is 5.10 Å². The number of ether oxygens (including phenoxy) is 1. The van der Waals surface area contributed by atoms with Crippen LogP contribution in [0.3, 0.4) is 0 Å². The Morgan fingerprint density at radius 3 is 2.88 bits per heavy atom. The van der Waals surface area contributed by atoms with E-state index in [1.54, 1.807) is 6.20 Å². The first-order chi connectivity index (χ1) is 12.8. The van der Waals surface area contributed by atoms with Gasteiger partial charge in [0.05, 0.1) is 12.2 Å². The predicted molar refractivity (Wildman–Crippen MR) is 97.4 cm³/mol. The molecule has 0 aliphatic carbocycles. The van der Waals surface area contributed by atoms with E-state index < -0.39 is 0 Å². The number of carbonyl (C=O) groups excluding carboxylic acids is 1. The molecule has 1 saturated heterocycles. The topological polar surface area (TPSA) is 72.3 Å². The van der Waals surface area contributed by atoms with E-state index in [-0.39, 0.29) is 17.7 Å². The number of aromatic nitrogens is 3. The first kappa shape index (κ1) is 17.0. The highest BCUT2D eigenvalue weighted by atomic mass is 16.5. The van der Waals surface area contributed by atoms with Crippen LogP contribution in [-0.2, 0) is 22.6 Å². The van der Waals surface area contributed by atoms with Crippen molar-refractivity contribution >= 4 is 11.7 Å². The molecular weight excluding hydrogens is 330 g/mol. The smallest absolute Gasteiger partial charge is 0.226 e. The summed E-state index contributed by atoms with van der Waals surface area (Å²) in [7, 11) is 0. The van der Waals surface area contributed by atoms with E-state index in [9.17, 15) is 4.79 Å². The van der Waals surface area contributed by atoms with Crippen molar-refractivity contribution in [3.8, 4) is 0 Å². The highest BCUT2D eigenvalue weighted by Gasteiger charge is 2.30. The number of amides is 1. The summed E-state index contributed by atoms with van der Waals surface area (Å²) in [5, 5.41) is 7.84. The monoisotopic (exact) mass is 355 g/mol. The lowest BCUT2D eigenvalue weighted by Gasteiger charge is -2.30. The zero-order valence-electron chi connectivity index (χ0n) is 14.9. The molecule has 1 amide bonds. The van der Waals surface area contributed by atoms with Crippen LogP contribution >= 0.6 is 0 Å². The third-order valence-corrected chi connectivity index (χ3v) is 5.19. The van der Waals surface area contributed by atoms with Gasteiger partial charge in [-0.15, -0.1) is 0 Å². The molecule has 1 atom stereocenters. The fourth-order valence-corrected chi connectivity index (χ4v) is 3.75. The molecule has 2 aliphatic heterocycles. The SMILES string of the molecule is O=C(C1CCOCC1)N1Cc2ccnn2CC(CNc2ccccn2)C1. The van der Waals surface area contributed by atoms with Crippen molar-refractivity contribution in [3.63, 3.8) is 0 Å². The molecule has 2 aromatic rings. The largest absolute Gasteiger partial charge is 0.381 e. The maximum Gasteiger partial charge on any atom is 0.226 e. The molecule has 26 heavy (non-hydrogen) atoms. The summed E-state index contributed by atoms with van der Waals surface area (Å²) < 4.78 is 7.44. The van der Waals surface area contributed by atoms with Crippen molar-refractivity contribution < 1.29 is 9.53 Å². The fraction of sp³-hybridized carbons (Fsp3) is 0.526. The van der Waals surface area contributed by atoms with Gasteiger partial charge in [0.1, 0.15) is 5.82 Å². The van der Waals surface area contributed by atoms with Gasteiger partial charge >= 0.3 is 0 Å². The Labute approximate surface area is 153 Å². The van der Waals surface area contributed by atoms with Crippen LogP contribution in [0.1, 0.15) is 18.5 Å². The Morgan fingerprint density at radius 1 is 1.19 bits per heavy atom. The number of nitrogens with one attached hydrogen (secondary N) is 1. The summed E-state index contributed by atoms with van der Waals surface area (Å²) in [6.07, 6.45) is 5.25. The van der Waals surface area contributed by atoms with E-state index >= 15 is 0 Å². The number of fused-ring (bicyclic) bond motifs is 1. The molecule has 2 aliphatic rings. The second-order valence-corrected chi connectivity index (χ2v) is 7.07. The second-order valence-electron chi connectivity index (χ2n) is 7.07. The van der Waals surface area contributed by atoms with Crippen molar-refractivity contribution in [3.05, 3.63) is 42.4 Å². The van der Waals surface area contributed by atoms with Crippen molar-refractivity contribution in [1.29, 1.82) is 0 Å². The number of hydrogen-bond donors (Lipinski definition) is 1. The lowest BCUT2D eigenvalue weighted by Crippen LogP contribution is -2.41. The molecular formula is C19H25N5O2. The minimum atomic E-state index is 0.0858. The van der Waals surface area contributed by atoms with E-state index in [0.717, 1.165) is 44.0 Å². The summed E-state index contributed by atoms with van der Waals surface area (Å²) in [5.74, 6) is 1.48. The summed E-state index contributed by atoms with van der Waals surface area (Å²) >= 11 is 0. The molecule has 138 valence electrons. The number of anilines is 1. The standard InChI is InChI=1S/C19H25N5O2/c25-19(16-5-9-26-10-6-16)23-12-15(11-21-18-3-1-2-7-20-18)13-24-17(14-23)4-8-22-24/h1-4,7-8,15-16H,5-6,9-14H2,(H,20,21). The minimum absolute atomic E-state index is 0.0858. The van der Waals surface area contributed by atoms with Crippen molar-refractivity contribution in [1.82, 2.24) is 19.7 Å². The second kappa shape index (κ2) is 7.86. The van der Waals surface area contributed by atoms with Gasteiger partial charge in [0.2, 0.25) is 5.91 Å². The van der Waals surface area contributed by atoms with Crippen molar-refractivity contribution in [2.75, 3.05) is 31.6 Å². The summed E-state index contributed by atoms with van der Waals surface area (Å²) in [4.78, 5) is 19.4. The third-order valence-electron chi connectivity index (χ3n) is 5.19. The molecule has 1 N–H and O–H groups in total. The van der Waals surface area contributed by atoms with Crippen LogP contribution in [0.25, 0.3) is 0 Å². The Balaban J connectivity index is 1.47. The number of pyridine rings is 1. The zero-order valence-corrected chi connectivity index (χ0v) is 14.9. The van der Waals surface area contributed by atoms with Gasteiger partial charge in [-0.05, 0) is 31.0 Å². The van der Waals surface area contributed by atoms with Crippen LogP contribution in [0.4, 0.5) is 5.82 Å². The van der Waals surface area contributed by atoms with E-state index in [4.69, 9.17) is 4.74 Å². The molecule has 0 aromatic carbocycles. The minimum Gasteiger partial charge on any atom is -0.381 e. The van der Waals surface area contributed by atoms with Gasteiger partial charge in [-0.25, -0.2) is 4.98 Å². The molecule has 1 fully saturated rings. The molecule has 0 radical (unpaired) electrons. The summed E-state index contributed by atoms with van der Waals surface area (Å²) in [6.45, 7) is 4.31. The normalized spacial score (nSPS) is 21.1. The van der Waals surface area contributed by atoms with Crippen LogP contribution in [-0.4, -0.2) is 51.9 Å². The van der Waals surface area contributed by atoms with Crippen LogP contribution in [0.15, 0.2) is 36.7 Å². The number of hydrogen-bond acceptors (Lipinski definition) is 5. The van der Waals surface area contributed by atoms with E-state index in [1.807, 2.05) is 40.0 Å². The van der Waals surface area contributed by atoms with E-state index in [1.165, 1.54) is 0 Å². The number of carbonyl (C=O) groups is 1. The summed E-state index contributed by atoms with van der Waals surface area (Å²) in [5.41, 5.74) is 1.10. The lowest BCUT2D eigenvalue weighted by molar-refractivity contribution is -0.139. The van der Waals surface area contributed by atoms with Crippen molar-refractivity contribution in [2.24, 2.45) is 11.8 Å². The van der Waals surface area contributed by atoms with Gasteiger partial charge in [0.25, 0.3) is 0 Å². The van der Waals surface area contributed by atoms with Gasteiger partial charge < -0.3 is 15.0 Å². The molecule has 4 heterocycles. The van der Waals surface area contributed by atoms with E-state index in [2.05, 4.69) is 15.4 Å². The van der Waals surface area contributed by atoms with Crippen LogP contribution in [0.2, 0.25) is 0 Å². The Kier molecular flexibility index (Phi) is 5.15. The highest BCUT2D eigenvalue weighted by Crippen LogP contribution is 2.23. The fourth-order valence-electron chi connectivity index (χ4n) is 3.75. The average Bonchev–Trinajstić information content (AvgIpc) is 3.05. The zero-order chi connectivity index (χ0) is 17.8. The maximum absolute atomic E-state index is 13.1. The van der Waals surface area contributed by atoms with Gasteiger partial charge in [0.15, 0.2) is 0 Å². The first-order valence-corrected chi connectivity index (χ1v) is 9.32. The first-order valence-electron chi connectivity index (χ1n) is 9.32. The average molecular weight is 355 g/mol. The van der Waals surface area contributed by atoms with Gasteiger partial charge in [-0.3, -0.25) is 9.48 Å². The van der Waals surface area contributed by atoms with Crippen LogP contribution < -0.4 is 5.32 Å². The van der Waals surface area contributed by atoms with E-state index in [0.29, 0.717) is 19.8 Å². The van der Waals surface area contributed by atoms with Crippen LogP contribution in [0.5, 0.6) is 0 Å².